The highest BCUT2D eigenvalue weighted by Crippen LogP contribution is 2.23. The Kier molecular flexibility index (Phi) is 4.99. The highest BCUT2D eigenvalue weighted by atomic mass is 16.5. The van der Waals surface area contributed by atoms with Crippen LogP contribution in [0.4, 0.5) is 0 Å². The Morgan fingerprint density at radius 2 is 2.05 bits per heavy atom. The second-order valence-electron chi connectivity index (χ2n) is 5.89. The van der Waals surface area contributed by atoms with Crippen LogP contribution >= 0.6 is 0 Å². The number of piperidine rings is 1. The molecule has 0 bridgehead atoms. The molecule has 2 saturated heterocycles. The quantitative estimate of drug-likeness (QED) is 0.813. The maximum Gasteiger partial charge on any atom is 0.321 e. The minimum absolute atomic E-state index is 0.0144. The molecule has 6 nitrogen and oxygen atoms in total. The normalized spacial score (nSPS) is 32.1. The number of carbonyl (C=O) groups is 2. The molecule has 0 aliphatic carbocycles. The van der Waals surface area contributed by atoms with Crippen LogP contribution in [0.15, 0.2) is 0 Å². The van der Waals surface area contributed by atoms with Crippen molar-refractivity contribution < 1.29 is 19.4 Å². The Labute approximate surface area is 119 Å². The van der Waals surface area contributed by atoms with Crippen molar-refractivity contribution in [2.24, 2.45) is 5.92 Å². The van der Waals surface area contributed by atoms with Crippen molar-refractivity contribution >= 4 is 11.9 Å². The molecule has 0 spiro atoms. The number of aliphatic carboxylic acids is 1. The molecule has 20 heavy (non-hydrogen) atoms. The van der Waals surface area contributed by atoms with Crippen LogP contribution in [0.5, 0.6) is 0 Å². The number of likely N-dealkylation sites (tertiary alicyclic amines) is 1. The summed E-state index contributed by atoms with van der Waals surface area (Å²) in [5.41, 5.74) is 0. The van der Waals surface area contributed by atoms with E-state index < -0.39 is 12.0 Å². The molecule has 0 aromatic carbocycles. The van der Waals surface area contributed by atoms with Crippen LogP contribution < -0.4 is 0 Å². The van der Waals surface area contributed by atoms with E-state index in [1.165, 1.54) is 0 Å². The number of hydrogen-bond acceptors (Lipinski definition) is 4. The van der Waals surface area contributed by atoms with Gasteiger partial charge in [-0.15, -0.1) is 0 Å². The van der Waals surface area contributed by atoms with Gasteiger partial charge < -0.3 is 14.7 Å². The fourth-order valence-electron chi connectivity index (χ4n) is 3.17. The van der Waals surface area contributed by atoms with Gasteiger partial charge in [-0.1, -0.05) is 6.92 Å². The number of amides is 1. The van der Waals surface area contributed by atoms with Crippen LogP contribution in [-0.2, 0) is 14.3 Å². The first kappa shape index (κ1) is 15.3. The fraction of sp³-hybridized carbons (Fsp3) is 0.857. The van der Waals surface area contributed by atoms with Crippen molar-refractivity contribution in [2.45, 2.75) is 38.8 Å². The van der Waals surface area contributed by atoms with Gasteiger partial charge in [0, 0.05) is 13.1 Å². The molecular weight excluding hydrogens is 260 g/mol. The highest BCUT2D eigenvalue weighted by Gasteiger charge is 2.36. The van der Waals surface area contributed by atoms with Gasteiger partial charge in [-0.25, -0.2) is 0 Å². The van der Waals surface area contributed by atoms with E-state index in [-0.39, 0.29) is 24.5 Å². The van der Waals surface area contributed by atoms with Gasteiger partial charge in [0.25, 0.3) is 0 Å². The lowest BCUT2D eigenvalue weighted by Gasteiger charge is -2.38. The van der Waals surface area contributed by atoms with Gasteiger partial charge in [0.1, 0.15) is 6.04 Å². The van der Waals surface area contributed by atoms with Crippen molar-refractivity contribution in [3.63, 3.8) is 0 Å². The zero-order chi connectivity index (χ0) is 14.7. The second kappa shape index (κ2) is 6.54. The molecule has 0 aromatic heterocycles. The number of nitrogens with zero attached hydrogens (tertiary/aromatic N) is 2. The highest BCUT2D eigenvalue weighted by molar-refractivity contribution is 5.80. The molecule has 3 atom stereocenters. The van der Waals surface area contributed by atoms with E-state index in [0.29, 0.717) is 26.2 Å². The Morgan fingerprint density at radius 3 is 2.70 bits per heavy atom. The average molecular weight is 284 g/mol. The van der Waals surface area contributed by atoms with Gasteiger partial charge >= 0.3 is 5.97 Å². The molecule has 6 heteroatoms. The summed E-state index contributed by atoms with van der Waals surface area (Å²) in [5.74, 6) is -0.710. The smallest absolute Gasteiger partial charge is 0.321 e. The van der Waals surface area contributed by atoms with E-state index in [2.05, 4.69) is 0 Å². The third-order valence-electron chi connectivity index (χ3n) is 4.22. The van der Waals surface area contributed by atoms with Gasteiger partial charge in [-0.3, -0.25) is 14.5 Å². The van der Waals surface area contributed by atoms with Gasteiger partial charge in [0.2, 0.25) is 5.91 Å². The number of morpholine rings is 1. The summed E-state index contributed by atoms with van der Waals surface area (Å²) in [6, 6.07) is -0.536. The van der Waals surface area contributed by atoms with E-state index in [0.717, 1.165) is 12.8 Å². The Hall–Kier alpha value is -1.14. The summed E-state index contributed by atoms with van der Waals surface area (Å²) in [7, 11) is 0. The van der Waals surface area contributed by atoms with E-state index in [4.69, 9.17) is 4.74 Å². The zero-order valence-corrected chi connectivity index (χ0v) is 12.2. The van der Waals surface area contributed by atoms with Gasteiger partial charge in [-0.2, -0.15) is 0 Å². The summed E-state index contributed by atoms with van der Waals surface area (Å²) in [5, 5.41) is 9.36. The summed E-state index contributed by atoms with van der Waals surface area (Å²) in [6.45, 7) is 6.55. The number of hydrogen-bond donors (Lipinski definition) is 1. The first-order valence-corrected chi connectivity index (χ1v) is 7.35. The minimum atomic E-state index is -0.819. The number of carbonyl (C=O) groups excluding carboxylic acids is 1. The van der Waals surface area contributed by atoms with Gasteiger partial charge in [0.05, 0.1) is 19.3 Å². The van der Waals surface area contributed by atoms with Crippen molar-refractivity contribution in [3.05, 3.63) is 0 Å². The topological polar surface area (TPSA) is 70.1 Å². The van der Waals surface area contributed by atoms with Crippen LogP contribution in [0.25, 0.3) is 0 Å². The Balaban J connectivity index is 1.96. The molecule has 2 aliphatic rings. The third kappa shape index (κ3) is 3.49. The predicted octanol–water partition coefficient (Wildman–Crippen LogP) is 0.419. The Morgan fingerprint density at radius 1 is 1.30 bits per heavy atom. The number of ether oxygens (including phenoxy) is 1. The molecule has 3 unspecified atom stereocenters. The molecule has 1 amide bonds. The third-order valence-corrected chi connectivity index (χ3v) is 4.22. The maximum absolute atomic E-state index is 12.3. The van der Waals surface area contributed by atoms with Crippen molar-refractivity contribution in [1.82, 2.24) is 9.80 Å². The molecule has 2 fully saturated rings. The first-order valence-electron chi connectivity index (χ1n) is 7.35. The van der Waals surface area contributed by atoms with Gasteiger partial charge in [0.15, 0.2) is 0 Å². The number of rotatable bonds is 3. The summed E-state index contributed by atoms with van der Waals surface area (Å²) < 4.78 is 5.42. The molecule has 114 valence electrons. The summed E-state index contributed by atoms with van der Waals surface area (Å²) in [6.07, 6.45) is 1.93. The maximum atomic E-state index is 12.3. The lowest BCUT2D eigenvalue weighted by Crippen LogP contribution is -2.54. The molecule has 2 rings (SSSR count). The van der Waals surface area contributed by atoms with Crippen LogP contribution in [0, 0.1) is 5.92 Å². The minimum Gasteiger partial charge on any atom is -0.480 e. The lowest BCUT2D eigenvalue weighted by atomic mass is 9.91. The summed E-state index contributed by atoms with van der Waals surface area (Å²) >= 11 is 0. The molecule has 2 heterocycles. The number of carboxylic acids is 1. The molecule has 0 saturated carbocycles. The van der Waals surface area contributed by atoms with E-state index >= 15 is 0 Å². The molecular formula is C14H24N2O4. The summed E-state index contributed by atoms with van der Waals surface area (Å²) in [4.78, 5) is 27.3. The van der Waals surface area contributed by atoms with Crippen molar-refractivity contribution in [2.75, 3.05) is 32.8 Å². The molecule has 2 aliphatic heterocycles. The predicted molar refractivity (Wildman–Crippen MR) is 73.4 cm³/mol. The SMILES string of the molecule is CC1CN(C(=O)CN2CCCC(C)C2C(=O)O)CCO1. The molecule has 1 N–H and O–H groups in total. The lowest BCUT2D eigenvalue weighted by molar-refractivity contribution is -0.150. The van der Waals surface area contributed by atoms with E-state index in [9.17, 15) is 14.7 Å². The van der Waals surface area contributed by atoms with Crippen LogP contribution in [0.2, 0.25) is 0 Å². The second-order valence-corrected chi connectivity index (χ2v) is 5.89. The monoisotopic (exact) mass is 284 g/mol. The van der Waals surface area contributed by atoms with Crippen LogP contribution in [0.3, 0.4) is 0 Å². The average Bonchev–Trinajstić information content (AvgIpc) is 2.38. The van der Waals surface area contributed by atoms with E-state index in [1.54, 1.807) is 4.90 Å². The Bertz CT molecular complexity index is 374. The van der Waals surface area contributed by atoms with Crippen molar-refractivity contribution in [1.29, 1.82) is 0 Å². The largest absolute Gasteiger partial charge is 0.480 e. The van der Waals surface area contributed by atoms with E-state index in [1.807, 2.05) is 18.7 Å². The zero-order valence-electron chi connectivity index (χ0n) is 12.2. The molecule has 0 radical (unpaired) electrons. The first-order chi connectivity index (χ1) is 9.49. The van der Waals surface area contributed by atoms with Crippen LogP contribution in [-0.4, -0.2) is 71.7 Å². The van der Waals surface area contributed by atoms with Crippen molar-refractivity contribution in [3.8, 4) is 0 Å². The fourth-order valence-corrected chi connectivity index (χ4v) is 3.17. The molecule has 0 aromatic rings. The number of carboxylic acid groups (broad SMARTS) is 1. The van der Waals surface area contributed by atoms with Gasteiger partial charge in [-0.05, 0) is 32.2 Å². The standard InChI is InChI=1S/C14H24N2O4/c1-10-4-3-5-16(13(10)14(18)19)9-12(17)15-6-7-20-11(2)8-15/h10-11,13H,3-9H2,1-2H3,(H,18,19). The van der Waals surface area contributed by atoms with Crippen LogP contribution in [0.1, 0.15) is 26.7 Å².